The summed E-state index contributed by atoms with van der Waals surface area (Å²) in [7, 11) is -3.25. The summed E-state index contributed by atoms with van der Waals surface area (Å²) < 4.78 is 96.9. The van der Waals surface area contributed by atoms with Gasteiger partial charge in [0.15, 0.2) is 5.78 Å². The minimum Gasteiger partial charge on any atom is -0.383 e. The summed E-state index contributed by atoms with van der Waals surface area (Å²) in [6.45, 7) is 3.98. The zero-order valence-electron chi connectivity index (χ0n) is 25.0. The molecule has 1 saturated heterocycles. The van der Waals surface area contributed by atoms with E-state index >= 15 is 8.78 Å². The molecule has 1 aliphatic heterocycles. The fourth-order valence-electron chi connectivity index (χ4n) is 9.05. The van der Waals surface area contributed by atoms with Crippen LogP contribution in [0.25, 0.3) is 0 Å². The zero-order valence-corrected chi connectivity index (χ0v) is 25.8. The number of halogens is 5. The lowest BCUT2D eigenvalue weighted by molar-refractivity contribution is -0.362. The number of allylic oxidation sites excluding steroid dienone is 4. The smallest absolute Gasteiger partial charge is 0.383 e. The molecule has 0 bridgehead atoms. The third-order valence-electron chi connectivity index (χ3n) is 11.4. The number of piperazine rings is 1. The lowest BCUT2D eigenvalue weighted by Gasteiger charge is -2.56. The minimum atomic E-state index is -5.88. The van der Waals surface area contributed by atoms with E-state index in [4.69, 9.17) is 0 Å². The van der Waals surface area contributed by atoms with Crippen molar-refractivity contribution in [3.8, 4) is 0 Å². The number of hydrogen-bond acceptors (Lipinski definition) is 5. The molecule has 1 N–H and O–H groups in total. The topological polar surface area (TPSA) is 77.9 Å². The van der Waals surface area contributed by atoms with Crippen molar-refractivity contribution in [2.24, 2.45) is 17.3 Å². The Labute approximate surface area is 255 Å². The Balaban J connectivity index is 1.35. The molecule has 0 aromatic heterocycles. The molecular formula is C32H39F5N2O4S. The first kappa shape index (κ1) is 31.8. The lowest BCUT2D eigenvalue weighted by atomic mass is 9.50. The Kier molecular flexibility index (Phi) is 7.74. The van der Waals surface area contributed by atoms with Gasteiger partial charge in [0.25, 0.3) is 0 Å². The van der Waals surface area contributed by atoms with Gasteiger partial charge >= 0.3 is 12.1 Å². The summed E-state index contributed by atoms with van der Waals surface area (Å²) >= 11 is 0. The second kappa shape index (κ2) is 10.7. The number of carbonyl (C=O) groups excluding carboxylic acids is 1. The molecule has 0 spiro atoms. The van der Waals surface area contributed by atoms with Crippen LogP contribution in [-0.2, 0) is 21.4 Å². The van der Waals surface area contributed by atoms with Crippen molar-refractivity contribution in [1.29, 1.82) is 0 Å². The lowest BCUT2D eigenvalue weighted by Crippen LogP contribution is -2.65. The number of fused-ring (bicyclic) bond motifs is 4. The second-order valence-electron chi connectivity index (χ2n) is 13.6. The minimum absolute atomic E-state index is 0.0433. The third-order valence-corrected chi connectivity index (χ3v) is 12.7. The molecule has 5 atom stereocenters. The number of alkyl halides is 5. The van der Waals surface area contributed by atoms with Crippen LogP contribution in [0.3, 0.4) is 0 Å². The molecule has 1 aromatic carbocycles. The van der Waals surface area contributed by atoms with E-state index in [-0.39, 0.29) is 24.5 Å². The molecule has 5 aliphatic rings. The van der Waals surface area contributed by atoms with E-state index in [9.17, 15) is 31.5 Å². The van der Waals surface area contributed by atoms with Crippen molar-refractivity contribution in [2.45, 2.75) is 82.0 Å². The number of sulfonamides is 1. The first-order chi connectivity index (χ1) is 20.5. The van der Waals surface area contributed by atoms with Crippen LogP contribution in [0, 0.1) is 17.3 Å². The Hall–Kier alpha value is -2.15. The highest BCUT2D eigenvalue weighted by Crippen LogP contribution is 2.70. The highest BCUT2D eigenvalue weighted by molar-refractivity contribution is 7.88. The van der Waals surface area contributed by atoms with Crippen LogP contribution in [-0.4, -0.2) is 78.6 Å². The van der Waals surface area contributed by atoms with Crippen LogP contribution in [0.1, 0.15) is 68.9 Å². The van der Waals surface area contributed by atoms with Gasteiger partial charge in [-0.2, -0.15) is 26.3 Å². The first-order valence-corrected chi connectivity index (χ1v) is 17.2. The van der Waals surface area contributed by atoms with Crippen molar-refractivity contribution >= 4 is 15.8 Å². The maximum absolute atomic E-state index is 15.2. The standard InChI is InChI=1S/C32H39F5N2O4S/c1-29-18-26(21-5-3-20(4-6-21)19-38-13-15-39(16-14-38)44(2,42)43)28-24-10-8-23(40)17-22(24)7-9-25(28)27(29)11-12-30(29,41)31(33,34)32(35,36)37/h3-6,17,25-27,41H,7-16,18-19H2,1-2H3/t25?,26-,27?,29+,30+/m1/s1. The SMILES string of the molecule is C[C@]12C[C@H](c3ccc(CN4CCN(S(C)(=O)=O)CC4)cc3)C3=C4CCC(=O)C=C4CCC3C1CC[C@@]2(O)C(F)(F)C(F)(F)F. The normalized spacial score (nSPS) is 34.0. The van der Waals surface area contributed by atoms with Gasteiger partial charge < -0.3 is 5.11 Å². The molecular weight excluding hydrogens is 603 g/mol. The van der Waals surface area contributed by atoms with Crippen LogP contribution >= 0.6 is 0 Å². The number of hydrogen-bond donors (Lipinski definition) is 1. The monoisotopic (exact) mass is 642 g/mol. The number of aliphatic hydroxyl groups is 1. The third kappa shape index (κ3) is 4.98. The van der Waals surface area contributed by atoms with E-state index in [0.29, 0.717) is 58.4 Å². The molecule has 12 heteroatoms. The van der Waals surface area contributed by atoms with Crippen molar-refractivity contribution < 1.29 is 40.3 Å². The molecule has 4 aliphatic carbocycles. The van der Waals surface area contributed by atoms with Crippen LogP contribution < -0.4 is 0 Å². The number of ketones is 1. The van der Waals surface area contributed by atoms with Crippen LogP contribution in [0.2, 0.25) is 0 Å². The van der Waals surface area contributed by atoms with Gasteiger partial charge in [-0.15, -0.1) is 0 Å². The molecule has 6 nitrogen and oxygen atoms in total. The van der Waals surface area contributed by atoms with Gasteiger partial charge in [-0.3, -0.25) is 9.69 Å². The van der Waals surface area contributed by atoms with Gasteiger partial charge in [-0.1, -0.05) is 36.8 Å². The molecule has 1 aromatic rings. The van der Waals surface area contributed by atoms with Gasteiger partial charge in [-0.05, 0) is 78.7 Å². The summed E-state index contributed by atoms with van der Waals surface area (Å²) in [4.78, 5) is 14.4. The highest BCUT2D eigenvalue weighted by atomic mass is 32.2. The number of nitrogens with zero attached hydrogens (tertiary/aromatic N) is 2. The van der Waals surface area contributed by atoms with E-state index in [1.807, 2.05) is 24.3 Å². The Morgan fingerprint density at radius 3 is 2.25 bits per heavy atom. The Bertz CT molecular complexity index is 1500. The summed E-state index contributed by atoms with van der Waals surface area (Å²) in [6, 6.07) is 7.68. The van der Waals surface area contributed by atoms with E-state index in [1.54, 1.807) is 6.08 Å². The largest absolute Gasteiger partial charge is 0.456 e. The average Bonchev–Trinajstić information content (AvgIpc) is 3.23. The first-order valence-electron chi connectivity index (χ1n) is 15.4. The van der Waals surface area contributed by atoms with Gasteiger partial charge in [0.1, 0.15) is 5.60 Å². The molecule has 0 radical (unpaired) electrons. The summed E-state index contributed by atoms with van der Waals surface area (Å²) in [6.07, 6.45) is -1.64. The molecule has 44 heavy (non-hydrogen) atoms. The predicted molar refractivity (Wildman–Crippen MR) is 154 cm³/mol. The van der Waals surface area contributed by atoms with Crippen molar-refractivity contribution in [3.05, 3.63) is 58.2 Å². The van der Waals surface area contributed by atoms with E-state index in [2.05, 4.69) is 4.90 Å². The fraction of sp³-hybridized carbons (Fsp3) is 0.656. The predicted octanol–water partition coefficient (Wildman–Crippen LogP) is 5.59. The second-order valence-corrected chi connectivity index (χ2v) is 15.6. The summed E-state index contributed by atoms with van der Waals surface area (Å²) in [5.74, 6) is -6.50. The van der Waals surface area contributed by atoms with E-state index < -0.39 is 51.4 Å². The highest BCUT2D eigenvalue weighted by Gasteiger charge is 2.79. The number of benzene rings is 1. The molecule has 6 rings (SSSR count). The molecule has 3 fully saturated rings. The van der Waals surface area contributed by atoms with Crippen LogP contribution in [0.5, 0.6) is 0 Å². The van der Waals surface area contributed by atoms with E-state index in [0.717, 1.165) is 27.8 Å². The van der Waals surface area contributed by atoms with Gasteiger partial charge in [-0.25, -0.2) is 8.42 Å². The molecule has 242 valence electrons. The van der Waals surface area contributed by atoms with Crippen molar-refractivity contribution in [2.75, 3.05) is 32.4 Å². The Morgan fingerprint density at radius 1 is 0.977 bits per heavy atom. The zero-order chi connectivity index (χ0) is 31.9. The summed E-state index contributed by atoms with van der Waals surface area (Å²) in [5, 5.41) is 11.4. The Morgan fingerprint density at radius 2 is 1.64 bits per heavy atom. The maximum Gasteiger partial charge on any atom is 0.456 e. The fourth-order valence-corrected chi connectivity index (χ4v) is 9.87. The van der Waals surface area contributed by atoms with Crippen molar-refractivity contribution in [3.63, 3.8) is 0 Å². The van der Waals surface area contributed by atoms with Gasteiger partial charge in [0, 0.05) is 50.5 Å². The molecule has 0 amide bonds. The number of carbonyl (C=O) groups is 1. The van der Waals surface area contributed by atoms with Crippen molar-refractivity contribution in [1.82, 2.24) is 9.21 Å². The summed E-state index contributed by atoms with van der Waals surface area (Å²) in [5.41, 5.74) is -0.117. The van der Waals surface area contributed by atoms with Crippen LogP contribution in [0.4, 0.5) is 22.0 Å². The van der Waals surface area contributed by atoms with Crippen LogP contribution in [0.15, 0.2) is 47.1 Å². The van der Waals surface area contributed by atoms with E-state index in [1.165, 1.54) is 17.5 Å². The molecule has 2 unspecified atom stereocenters. The molecule has 1 heterocycles. The maximum atomic E-state index is 15.2. The average molecular weight is 643 g/mol. The number of rotatable bonds is 5. The van der Waals surface area contributed by atoms with Gasteiger partial charge in [0.2, 0.25) is 10.0 Å². The molecule has 2 saturated carbocycles. The quantitative estimate of drug-likeness (QED) is 0.424. The van der Waals surface area contributed by atoms with Gasteiger partial charge in [0.05, 0.1) is 6.26 Å².